The molecule has 0 fully saturated rings. The van der Waals surface area contributed by atoms with Gasteiger partial charge in [0, 0.05) is 23.6 Å². The van der Waals surface area contributed by atoms with Gasteiger partial charge in [0.15, 0.2) is 0 Å². The molecule has 0 saturated heterocycles. The smallest absolute Gasteiger partial charge is 0.357 e. The topological polar surface area (TPSA) is 86.8 Å². The molecular weight excluding hydrogens is 554 g/mol. The van der Waals surface area contributed by atoms with Crippen LogP contribution in [0.3, 0.4) is 0 Å². The molecule has 0 bridgehead atoms. The Labute approximate surface area is 215 Å². The van der Waals surface area contributed by atoms with Gasteiger partial charge in [-0.25, -0.2) is 8.42 Å². The molecule has 2 amide bonds. The van der Waals surface area contributed by atoms with E-state index >= 15 is 0 Å². The van der Waals surface area contributed by atoms with Crippen molar-refractivity contribution in [3.63, 3.8) is 0 Å². The van der Waals surface area contributed by atoms with Crippen LogP contribution < -0.4 is 9.62 Å². The monoisotopic (exact) mass is 573 g/mol. The van der Waals surface area contributed by atoms with Crippen LogP contribution in [0, 0.1) is 0 Å². The number of hydrogen-bond donors (Lipinski definition) is 1. The summed E-state index contributed by atoms with van der Waals surface area (Å²) in [7, 11) is -2.88. The Balaban J connectivity index is 2.50. The molecule has 1 atom stereocenters. The minimum Gasteiger partial charge on any atom is -0.357 e. The summed E-state index contributed by atoms with van der Waals surface area (Å²) >= 11 is 17.7. The quantitative estimate of drug-likeness (QED) is 0.500. The van der Waals surface area contributed by atoms with E-state index in [0.717, 1.165) is 23.3 Å². The Kier molecular flexibility index (Phi) is 9.32. The second-order valence-corrected chi connectivity index (χ2v) is 10.6. The summed E-state index contributed by atoms with van der Waals surface area (Å²) in [6.45, 7) is 0.329. The molecule has 2 aromatic carbocycles. The Morgan fingerprint density at radius 2 is 1.69 bits per heavy atom. The number of halogens is 6. The SMILES string of the molecule is CNC(=O)[C@H](C)N(Cc1ccc(Cl)cc1Cl)C(=O)CN(c1ccc(Cl)c(C(F)(F)F)c1)S(C)(=O)=O. The van der Waals surface area contributed by atoms with Crippen molar-refractivity contribution >= 4 is 62.3 Å². The van der Waals surface area contributed by atoms with Crippen LogP contribution in [0.25, 0.3) is 0 Å². The highest BCUT2D eigenvalue weighted by atomic mass is 35.5. The number of amides is 2. The molecular formula is C21H21Cl3F3N3O4S. The van der Waals surface area contributed by atoms with E-state index in [1.54, 1.807) is 0 Å². The predicted octanol–water partition coefficient (Wildman–Crippen LogP) is 4.59. The molecule has 0 aliphatic carbocycles. The number of alkyl halides is 3. The number of likely N-dealkylation sites (N-methyl/N-ethyl adjacent to an activating group) is 1. The van der Waals surface area contributed by atoms with Gasteiger partial charge in [-0.1, -0.05) is 40.9 Å². The second kappa shape index (κ2) is 11.2. The van der Waals surface area contributed by atoms with Crippen LogP contribution in [0.5, 0.6) is 0 Å². The lowest BCUT2D eigenvalue weighted by atomic mass is 10.1. The normalized spacial score (nSPS) is 12.7. The van der Waals surface area contributed by atoms with E-state index in [1.165, 1.54) is 32.2 Å². The first kappa shape index (κ1) is 29.0. The van der Waals surface area contributed by atoms with Gasteiger partial charge < -0.3 is 10.2 Å². The maximum Gasteiger partial charge on any atom is 0.417 e. The van der Waals surface area contributed by atoms with Gasteiger partial charge in [0.25, 0.3) is 0 Å². The third-order valence-corrected chi connectivity index (χ3v) is 7.05. The molecule has 0 heterocycles. The van der Waals surface area contributed by atoms with E-state index < -0.39 is 56.9 Å². The molecule has 1 N–H and O–H groups in total. The Hall–Kier alpha value is -2.21. The second-order valence-electron chi connectivity index (χ2n) is 7.48. The summed E-state index contributed by atoms with van der Waals surface area (Å²) in [5, 5.41) is 2.30. The van der Waals surface area contributed by atoms with E-state index in [2.05, 4.69) is 5.32 Å². The molecule has 0 aliphatic heterocycles. The highest BCUT2D eigenvalue weighted by Crippen LogP contribution is 2.37. The molecule has 2 aromatic rings. The lowest BCUT2D eigenvalue weighted by Crippen LogP contribution is -2.50. The molecule has 35 heavy (non-hydrogen) atoms. The largest absolute Gasteiger partial charge is 0.417 e. The first-order chi connectivity index (χ1) is 16.1. The van der Waals surface area contributed by atoms with Crippen LogP contribution in [0.15, 0.2) is 36.4 Å². The number of nitrogens with zero attached hydrogens (tertiary/aromatic N) is 2. The van der Waals surface area contributed by atoms with Crippen LogP contribution in [-0.2, 0) is 32.3 Å². The number of carbonyl (C=O) groups excluding carboxylic acids is 2. The third-order valence-electron chi connectivity index (χ3n) is 4.99. The molecule has 0 unspecified atom stereocenters. The zero-order chi connectivity index (χ0) is 26.7. The average molecular weight is 575 g/mol. The molecule has 14 heteroatoms. The summed E-state index contributed by atoms with van der Waals surface area (Å²) in [5.74, 6) is -1.42. The van der Waals surface area contributed by atoms with Crippen molar-refractivity contribution in [1.82, 2.24) is 10.2 Å². The predicted molar refractivity (Wildman–Crippen MR) is 129 cm³/mol. The first-order valence-electron chi connectivity index (χ1n) is 9.85. The highest BCUT2D eigenvalue weighted by molar-refractivity contribution is 7.92. The summed E-state index contributed by atoms with van der Waals surface area (Å²) in [5.41, 5.74) is -1.27. The van der Waals surface area contributed by atoms with Crippen molar-refractivity contribution in [3.05, 3.63) is 62.6 Å². The van der Waals surface area contributed by atoms with Gasteiger partial charge in [0.2, 0.25) is 21.8 Å². The Morgan fingerprint density at radius 1 is 1.06 bits per heavy atom. The van der Waals surface area contributed by atoms with Crippen LogP contribution in [0.2, 0.25) is 15.1 Å². The fourth-order valence-electron chi connectivity index (χ4n) is 3.12. The van der Waals surface area contributed by atoms with Crippen molar-refractivity contribution in [2.45, 2.75) is 25.7 Å². The van der Waals surface area contributed by atoms with Gasteiger partial charge in [0.1, 0.15) is 12.6 Å². The number of hydrogen-bond acceptors (Lipinski definition) is 4. The molecule has 0 aromatic heterocycles. The van der Waals surface area contributed by atoms with Gasteiger partial charge in [-0.3, -0.25) is 13.9 Å². The van der Waals surface area contributed by atoms with Crippen molar-refractivity contribution in [1.29, 1.82) is 0 Å². The summed E-state index contributed by atoms with van der Waals surface area (Å²) in [4.78, 5) is 26.7. The molecule has 0 radical (unpaired) electrons. The number of sulfonamides is 1. The number of benzene rings is 2. The van der Waals surface area contributed by atoms with E-state index in [0.29, 0.717) is 21.0 Å². The Bertz CT molecular complexity index is 1230. The van der Waals surface area contributed by atoms with Crippen molar-refractivity contribution < 1.29 is 31.2 Å². The first-order valence-corrected chi connectivity index (χ1v) is 12.8. The van der Waals surface area contributed by atoms with E-state index in [1.807, 2.05) is 0 Å². The van der Waals surface area contributed by atoms with E-state index in [9.17, 15) is 31.2 Å². The van der Waals surface area contributed by atoms with Crippen LogP contribution in [-0.4, -0.2) is 51.0 Å². The van der Waals surface area contributed by atoms with Crippen molar-refractivity contribution in [2.75, 3.05) is 24.2 Å². The zero-order valence-electron chi connectivity index (χ0n) is 18.7. The fourth-order valence-corrected chi connectivity index (χ4v) is 4.66. The molecule has 0 spiro atoms. The number of carbonyl (C=O) groups is 2. The van der Waals surface area contributed by atoms with Crippen LogP contribution >= 0.6 is 34.8 Å². The minimum atomic E-state index is -4.86. The molecule has 7 nitrogen and oxygen atoms in total. The minimum absolute atomic E-state index is 0.199. The van der Waals surface area contributed by atoms with Gasteiger partial charge in [-0.15, -0.1) is 0 Å². The average Bonchev–Trinajstić information content (AvgIpc) is 2.74. The molecule has 2 rings (SSSR count). The summed E-state index contributed by atoms with van der Waals surface area (Å²) < 4.78 is 65.4. The maximum absolute atomic E-state index is 13.3. The van der Waals surface area contributed by atoms with Crippen molar-refractivity contribution in [3.8, 4) is 0 Å². The van der Waals surface area contributed by atoms with Gasteiger partial charge >= 0.3 is 6.18 Å². The van der Waals surface area contributed by atoms with Crippen LogP contribution in [0.1, 0.15) is 18.1 Å². The highest BCUT2D eigenvalue weighted by Gasteiger charge is 2.35. The molecule has 192 valence electrons. The third kappa shape index (κ3) is 7.39. The maximum atomic E-state index is 13.3. The fraction of sp³-hybridized carbons (Fsp3) is 0.333. The van der Waals surface area contributed by atoms with E-state index in [-0.39, 0.29) is 11.6 Å². The van der Waals surface area contributed by atoms with Gasteiger partial charge in [0.05, 0.1) is 22.5 Å². The summed E-state index contributed by atoms with van der Waals surface area (Å²) in [6, 6.07) is 5.89. The molecule has 0 aliphatic rings. The van der Waals surface area contributed by atoms with Crippen LogP contribution in [0.4, 0.5) is 18.9 Å². The lowest BCUT2D eigenvalue weighted by molar-refractivity contribution is -0.139. The van der Waals surface area contributed by atoms with Crippen molar-refractivity contribution in [2.24, 2.45) is 0 Å². The number of nitrogens with one attached hydrogen (secondary N) is 1. The number of rotatable bonds is 8. The molecule has 0 saturated carbocycles. The van der Waals surface area contributed by atoms with Gasteiger partial charge in [-0.05, 0) is 42.8 Å². The Morgan fingerprint density at radius 3 is 2.20 bits per heavy atom. The van der Waals surface area contributed by atoms with Gasteiger partial charge in [-0.2, -0.15) is 13.2 Å². The lowest BCUT2D eigenvalue weighted by Gasteiger charge is -2.31. The summed E-state index contributed by atoms with van der Waals surface area (Å²) in [6.07, 6.45) is -4.11. The number of anilines is 1. The van der Waals surface area contributed by atoms with E-state index in [4.69, 9.17) is 34.8 Å². The zero-order valence-corrected chi connectivity index (χ0v) is 21.7. The standard InChI is InChI=1S/C21H21Cl3F3N3O4S/c1-12(20(32)28-2)29(10-13-4-5-14(22)8-18(13)24)19(31)11-30(35(3,33)34)15-6-7-17(23)16(9-15)21(25,26)27/h4-9,12H,10-11H2,1-3H3,(H,28,32)/t12-/m0/s1.